The van der Waals surface area contributed by atoms with E-state index in [4.69, 9.17) is 11.6 Å². The van der Waals surface area contributed by atoms with Crippen LogP contribution in [0.25, 0.3) is 0 Å². The van der Waals surface area contributed by atoms with E-state index in [1.165, 1.54) is 0 Å². The second-order valence-corrected chi connectivity index (χ2v) is 5.11. The molecule has 0 aliphatic rings. The molecule has 0 unspecified atom stereocenters. The Kier molecular flexibility index (Phi) is 3.92. The standard InChI is InChI=1S/C14H18ClN3/c1-10(2)18-7-6-13(17-18)9-16-12-5-4-11(3)14(15)8-12/h4-8,10,16H,9H2,1-3H3. The highest BCUT2D eigenvalue weighted by atomic mass is 35.5. The smallest absolute Gasteiger partial charge is 0.0815 e. The van der Waals surface area contributed by atoms with Gasteiger partial charge in [-0.25, -0.2) is 0 Å². The van der Waals surface area contributed by atoms with Gasteiger partial charge in [-0.05, 0) is 44.5 Å². The van der Waals surface area contributed by atoms with E-state index in [1.807, 2.05) is 42.1 Å². The molecular formula is C14H18ClN3. The summed E-state index contributed by atoms with van der Waals surface area (Å²) in [5, 5.41) is 8.59. The summed E-state index contributed by atoms with van der Waals surface area (Å²) >= 11 is 6.08. The summed E-state index contributed by atoms with van der Waals surface area (Å²) in [7, 11) is 0. The minimum atomic E-state index is 0.396. The molecule has 1 heterocycles. The highest BCUT2D eigenvalue weighted by molar-refractivity contribution is 6.31. The summed E-state index contributed by atoms with van der Waals surface area (Å²) < 4.78 is 1.96. The number of hydrogen-bond donors (Lipinski definition) is 1. The van der Waals surface area contributed by atoms with Gasteiger partial charge in [0.15, 0.2) is 0 Å². The van der Waals surface area contributed by atoms with Crippen LogP contribution in [0.4, 0.5) is 5.69 Å². The number of nitrogens with zero attached hydrogens (tertiary/aromatic N) is 2. The summed E-state index contributed by atoms with van der Waals surface area (Å²) in [5.41, 5.74) is 3.14. The Bertz CT molecular complexity index is 532. The van der Waals surface area contributed by atoms with Gasteiger partial charge in [0.25, 0.3) is 0 Å². The van der Waals surface area contributed by atoms with Gasteiger partial charge in [0.1, 0.15) is 0 Å². The van der Waals surface area contributed by atoms with Crippen LogP contribution in [0, 0.1) is 6.92 Å². The first-order valence-electron chi connectivity index (χ1n) is 6.10. The first-order chi connectivity index (χ1) is 8.56. The van der Waals surface area contributed by atoms with E-state index in [9.17, 15) is 0 Å². The van der Waals surface area contributed by atoms with E-state index in [0.29, 0.717) is 12.6 Å². The molecule has 18 heavy (non-hydrogen) atoms. The van der Waals surface area contributed by atoms with Gasteiger partial charge in [-0.15, -0.1) is 0 Å². The van der Waals surface area contributed by atoms with Crippen LogP contribution in [0.5, 0.6) is 0 Å². The fraction of sp³-hybridized carbons (Fsp3) is 0.357. The van der Waals surface area contributed by atoms with E-state index >= 15 is 0 Å². The van der Waals surface area contributed by atoms with Gasteiger partial charge in [-0.2, -0.15) is 5.10 Å². The number of halogens is 1. The maximum absolute atomic E-state index is 6.08. The SMILES string of the molecule is Cc1ccc(NCc2ccn(C(C)C)n2)cc1Cl. The van der Waals surface area contributed by atoms with Crippen molar-refractivity contribution in [2.45, 2.75) is 33.4 Å². The fourth-order valence-electron chi connectivity index (χ4n) is 1.65. The molecule has 3 nitrogen and oxygen atoms in total. The molecule has 0 radical (unpaired) electrons. The Hall–Kier alpha value is -1.48. The predicted molar refractivity (Wildman–Crippen MR) is 76.1 cm³/mol. The molecule has 1 aromatic carbocycles. The van der Waals surface area contributed by atoms with Crippen molar-refractivity contribution < 1.29 is 0 Å². The molecule has 0 atom stereocenters. The van der Waals surface area contributed by atoms with Crippen molar-refractivity contribution in [2.75, 3.05) is 5.32 Å². The predicted octanol–water partition coefficient (Wildman–Crippen LogP) is 4.04. The van der Waals surface area contributed by atoms with Crippen molar-refractivity contribution in [3.63, 3.8) is 0 Å². The van der Waals surface area contributed by atoms with E-state index < -0.39 is 0 Å². The maximum atomic E-state index is 6.08. The van der Waals surface area contributed by atoms with Gasteiger partial charge in [-0.1, -0.05) is 17.7 Å². The molecule has 0 saturated heterocycles. The molecule has 0 saturated carbocycles. The normalized spacial score (nSPS) is 10.9. The molecule has 0 aliphatic heterocycles. The summed E-state index contributed by atoms with van der Waals surface area (Å²) in [6, 6.07) is 8.41. The van der Waals surface area contributed by atoms with Crippen molar-refractivity contribution >= 4 is 17.3 Å². The van der Waals surface area contributed by atoms with Crippen LogP contribution in [-0.4, -0.2) is 9.78 Å². The van der Waals surface area contributed by atoms with Crippen LogP contribution in [0.2, 0.25) is 5.02 Å². The molecule has 0 bridgehead atoms. The van der Waals surface area contributed by atoms with Crippen LogP contribution in [0.1, 0.15) is 31.1 Å². The summed E-state index contributed by atoms with van der Waals surface area (Å²) in [5.74, 6) is 0. The molecular weight excluding hydrogens is 246 g/mol. The lowest BCUT2D eigenvalue weighted by Crippen LogP contribution is -2.04. The molecule has 0 aliphatic carbocycles. The van der Waals surface area contributed by atoms with Gasteiger partial charge in [0.05, 0.1) is 12.2 Å². The Balaban J connectivity index is 2.00. The first kappa shape index (κ1) is 13.0. The third kappa shape index (κ3) is 3.05. The van der Waals surface area contributed by atoms with Crippen LogP contribution >= 0.6 is 11.6 Å². The van der Waals surface area contributed by atoms with E-state index in [-0.39, 0.29) is 0 Å². The largest absolute Gasteiger partial charge is 0.379 e. The number of nitrogens with one attached hydrogen (secondary N) is 1. The topological polar surface area (TPSA) is 29.9 Å². The lowest BCUT2D eigenvalue weighted by molar-refractivity contribution is 0.527. The Labute approximate surface area is 113 Å². The van der Waals surface area contributed by atoms with Crippen LogP contribution in [0.3, 0.4) is 0 Å². The summed E-state index contributed by atoms with van der Waals surface area (Å²) in [4.78, 5) is 0. The third-order valence-electron chi connectivity index (χ3n) is 2.84. The average Bonchev–Trinajstić information content (AvgIpc) is 2.79. The van der Waals surface area contributed by atoms with Crippen LogP contribution in [-0.2, 0) is 6.54 Å². The Morgan fingerprint density at radius 1 is 1.33 bits per heavy atom. The Morgan fingerprint density at radius 2 is 2.11 bits per heavy atom. The molecule has 0 spiro atoms. The van der Waals surface area contributed by atoms with Crippen molar-refractivity contribution in [1.29, 1.82) is 0 Å². The van der Waals surface area contributed by atoms with Crippen molar-refractivity contribution in [3.8, 4) is 0 Å². The lowest BCUT2D eigenvalue weighted by atomic mass is 10.2. The van der Waals surface area contributed by atoms with E-state index in [0.717, 1.165) is 22.0 Å². The molecule has 2 rings (SSSR count). The quantitative estimate of drug-likeness (QED) is 0.902. The monoisotopic (exact) mass is 263 g/mol. The average molecular weight is 264 g/mol. The second kappa shape index (κ2) is 5.44. The van der Waals surface area contributed by atoms with Gasteiger partial charge >= 0.3 is 0 Å². The van der Waals surface area contributed by atoms with Crippen molar-refractivity contribution in [1.82, 2.24) is 9.78 Å². The molecule has 4 heteroatoms. The zero-order chi connectivity index (χ0) is 13.1. The van der Waals surface area contributed by atoms with Crippen LogP contribution < -0.4 is 5.32 Å². The van der Waals surface area contributed by atoms with Crippen molar-refractivity contribution in [2.24, 2.45) is 0 Å². The molecule has 1 N–H and O–H groups in total. The number of aryl methyl sites for hydroxylation is 1. The number of benzene rings is 1. The van der Waals surface area contributed by atoms with Gasteiger partial charge in [-0.3, -0.25) is 4.68 Å². The van der Waals surface area contributed by atoms with E-state index in [2.05, 4.69) is 24.3 Å². The van der Waals surface area contributed by atoms with E-state index in [1.54, 1.807) is 0 Å². The zero-order valence-electron chi connectivity index (χ0n) is 10.9. The fourth-order valence-corrected chi connectivity index (χ4v) is 1.84. The molecule has 2 aromatic rings. The highest BCUT2D eigenvalue weighted by Gasteiger charge is 2.02. The minimum Gasteiger partial charge on any atom is -0.379 e. The molecule has 96 valence electrons. The van der Waals surface area contributed by atoms with Crippen LogP contribution in [0.15, 0.2) is 30.5 Å². The third-order valence-corrected chi connectivity index (χ3v) is 3.25. The molecule has 1 aromatic heterocycles. The summed E-state index contributed by atoms with van der Waals surface area (Å²) in [6.07, 6.45) is 2.00. The first-order valence-corrected chi connectivity index (χ1v) is 6.48. The Morgan fingerprint density at radius 3 is 2.72 bits per heavy atom. The van der Waals surface area contributed by atoms with Crippen molar-refractivity contribution in [3.05, 3.63) is 46.7 Å². The summed E-state index contributed by atoms with van der Waals surface area (Å²) in [6.45, 7) is 6.93. The minimum absolute atomic E-state index is 0.396. The van der Waals surface area contributed by atoms with Gasteiger partial charge in [0, 0.05) is 22.9 Å². The number of hydrogen-bond acceptors (Lipinski definition) is 2. The van der Waals surface area contributed by atoms with Gasteiger partial charge in [0.2, 0.25) is 0 Å². The lowest BCUT2D eigenvalue weighted by Gasteiger charge is -2.07. The number of anilines is 1. The number of rotatable bonds is 4. The number of aromatic nitrogens is 2. The second-order valence-electron chi connectivity index (χ2n) is 4.70. The highest BCUT2D eigenvalue weighted by Crippen LogP contribution is 2.20. The maximum Gasteiger partial charge on any atom is 0.0815 e. The van der Waals surface area contributed by atoms with Gasteiger partial charge < -0.3 is 5.32 Å². The molecule has 0 fully saturated rings. The molecule has 0 amide bonds. The zero-order valence-corrected chi connectivity index (χ0v) is 11.7.